The first-order valence-corrected chi connectivity index (χ1v) is 7.88. The first-order valence-electron chi connectivity index (χ1n) is 7.06. The second-order valence-corrected chi connectivity index (χ2v) is 6.99. The summed E-state index contributed by atoms with van der Waals surface area (Å²) in [5, 5.41) is 3.65. The van der Waals surface area contributed by atoms with Crippen LogP contribution in [0.3, 0.4) is 0 Å². The topological polar surface area (TPSA) is 62.3 Å². The summed E-state index contributed by atoms with van der Waals surface area (Å²) >= 11 is 1.53. The van der Waals surface area contributed by atoms with Gasteiger partial charge in [-0.2, -0.15) is 0 Å². The van der Waals surface area contributed by atoms with Gasteiger partial charge in [-0.05, 0) is 37.8 Å². The summed E-state index contributed by atoms with van der Waals surface area (Å²) in [6.07, 6.45) is 2.02. The summed E-state index contributed by atoms with van der Waals surface area (Å²) in [6, 6.07) is 7.53. The standard InChI is InChI=1S/C15H15N3O2S/c1-15(9-6-7-9)13(19)18(14(20)17-15)8-12-16-10-4-2-3-5-11(10)21-12/h2-5,9H,6-8H2,1H3,(H,17,20). The van der Waals surface area contributed by atoms with Gasteiger partial charge in [0, 0.05) is 0 Å². The highest BCUT2D eigenvalue weighted by atomic mass is 32.1. The van der Waals surface area contributed by atoms with E-state index in [0.717, 1.165) is 28.1 Å². The van der Waals surface area contributed by atoms with Crippen molar-refractivity contribution in [2.75, 3.05) is 0 Å². The maximum Gasteiger partial charge on any atom is 0.325 e. The molecule has 6 heteroatoms. The molecule has 1 aliphatic carbocycles. The number of urea groups is 1. The molecule has 1 atom stereocenters. The third-order valence-electron chi connectivity index (χ3n) is 4.33. The van der Waals surface area contributed by atoms with Gasteiger partial charge in [-0.25, -0.2) is 9.78 Å². The molecule has 1 aromatic carbocycles. The first kappa shape index (κ1) is 12.8. The molecule has 0 radical (unpaired) electrons. The zero-order valence-electron chi connectivity index (χ0n) is 11.6. The molecule has 1 N–H and O–H groups in total. The van der Waals surface area contributed by atoms with Crippen LogP contribution in [0.2, 0.25) is 0 Å². The van der Waals surface area contributed by atoms with Crippen molar-refractivity contribution in [2.45, 2.75) is 31.8 Å². The Balaban J connectivity index is 1.61. The number of hydrogen-bond acceptors (Lipinski definition) is 4. The predicted octanol–water partition coefficient (Wildman–Crippen LogP) is 2.52. The van der Waals surface area contributed by atoms with Crippen LogP contribution in [0.25, 0.3) is 10.2 Å². The fraction of sp³-hybridized carbons (Fsp3) is 0.400. The molecule has 4 rings (SSSR count). The van der Waals surface area contributed by atoms with Crippen LogP contribution in [0.1, 0.15) is 24.8 Å². The van der Waals surface area contributed by atoms with Crippen molar-refractivity contribution in [3.8, 4) is 0 Å². The van der Waals surface area contributed by atoms with Crippen LogP contribution >= 0.6 is 11.3 Å². The van der Waals surface area contributed by atoms with Gasteiger partial charge in [0.15, 0.2) is 0 Å². The minimum Gasteiger partial charge on any atom is -0.323 e. The van der Waals surface area contributed by atoms with E-state index in [2.05, 4.69) is 10.3 Å². The number of amides is 3. The van der Waals surface area contributed by atoms with Gasteiger partial charge in [-0.3, -0.25) is 9.69 Å². The number of thiazole rings is 1. The lowest BCUT2D eigenvalue weighted by Crippen LogP contribution is -2.46. The number of nitrogens with one attached hydrogen (secondary N) is 1. The summed E-state index contributed by atoms with van der Waals surface area (Å²) in [4.78, 5) is 30.5. The highest BCUT2D eigenvalue weighted by Crippen LogP contribution is 2.43. The number of carbonyl (C=O) groups excluding carboxylic acids is 2. The SMILES string of the molecule is CC1(C2CC2)NC(=O)N(Cc2nc3ccccc3s2)C1=O. The van der Waals surface area contributed by atoms with Crippen molar-refractivity contribution < 1.29 is 9.59 Å². The number of nitrogens with zero attached hydrogens (tertiary/aromatic N) is 2. The predicted molar refractivity (Wildman–Crippen MR) is 79.8 cm³/mol. The Morgan fingerprint density at radius 3 is 2.86 bits per heavy atom. The van der Waals surface area contributed by atoms with E-state index in [0.29, 0.717) is 0 Å². The Morgan fingerprint density at radius 1 is 1.38 bits per heavy atom. The van der Waals surface area contributed by atoms with E-state index in [-0.39, 0.29) is 24.4 Å². The van der Waals surface area contributed by atoms with Crippen LogP contribution in [-0.4, -0.2) is 27.4 Å². The lowest BCUT2D eigenvalue weighted by molar-refractivity contribution is -0.131. The second-order valence-electron chi connectivity index (χ2n) is 5.87. The third-order valence-corrected chi connectivity index (χ3v) is 5.35. The van der Waals surface area contributed by atoms with Crippen molar-refractivity contribution in [1.29, 1.82) is 0 Å². The van der Waals surface area contributed by atoms with E-state index in [1.54, 1.807) is 0 Å². The molecule has 1 unspecified atom stereocenters. The summed E-state index contributed by atoms with van der Waals surface area (Å²) in [6.45, 7) is 2.09. The Labute approximate surface area is 126 Å². The van der Waals surface area contributed by atoms with Gasteiger partial charge >= 0.3 is 6.03 Å². The van der Waals surface area contributed by atoms with E-state index in [4.69, 9.17) is 0 Å². The maximum atomic E-state index is 12.6. The van der Waals surface area contributed by atoms with Crippen molar-refractivity contribution in [3.63, 3.8) is 0 Å². The Hall–Kier alpha value is -1.95. The Morgan fingerprint density at radius 2 is 2.14 bits per heavy atom. The Kier molecular flexibility index (Phi) is 2.60. The molecule has 108 valence electrons. The zero-order chi connectivity index (χ0) is 14.6. The summed E-state index contributed by atoms with van der Waals surface area (Å²) in [5.74, 6) is 0.170. The molecule has 5 nitrogen and oxygen atoms in total. The molecule has 2 aliphatic rings. The number of rotatable bonds is 3. The Bertz CT molecular complexity index is 719. The largest absolute Gasteiger partial charge is 0.325 e. The molecule has 2 aromatic rings. The van der Waals surface area contributed by atoms with E-state index in [9.17, 15) is 9.59 Å². The molecule has 1 aliphatic heterocycles. The molecule has 3 amide bonds. The van der Waals surface area contributed by atoms with Gasteiger partial charge in [-0.1, -0.05) is 12.1 Å². The summed E-state index contributed by atoms with van der Waals surface area (Å²) < 4.78 is 1.07. The van der Waals surface area contributed by atoms with Gasteiger partial charge in [0.1, 0.15) is 10.5 Å². The minimum absolute atomic E-state index is 0.116. The highest BCUT2D eigenvalue weighted by Gasteiger charge is 2.55. The van der Waals surface area contributed by atoms with Crippen LogP contribution in [0.5, 0.6) is 0 Å². The van der Waals surface area contributed by atoms with E-state index >= 15 is 0 Å². The average Bonchev–Trinajstić information content (AvgIpc) is 3.20. The minimum atomic E-state index is -0.715. The van der Waals surface area contributed by atoms with Crippen LogP contribution < -0.4 is 5.32 Å². The van der Waals surface area contributed by atoms with Crippen LogP contribution in [0.4, 0.5) is 4.79 Å². The number of fused-ring (bicyclic) bond motifs is 1. The van der Waals surface area contributed by atoms with Gasteiger partial charge in [0.25, 0.3) is 5.91 Å². The highest BCUT2D eigenvalue weighted by molar-refractivity contribution is 7.18. The van der Waals surface area contributed by atoms with Crippen LogP contribution in [0.15, 0.2) is 24.3 Å². The van der Waals surface area contributed by atoms with Crippen LogP contribution in [0, 0.1) is 5.92 Å². The van der Waals surface area contributed by atoms with E-state index in [1.807, 2.05) is 31.2 Å². The normalized spacial score (nSPS) is 25.7. The molecular weight excluding hydrogens is 286 g/mol. The van der Waals surface area contributed by atoms with Gasteiger partial charge < -0.3 is 5.32 Å². The second kappa shape index (κ2) is 4.27. The first-order chi connectivity index (χ1) is 10.1. The van der Waals surface area contributed by atoms with Crippen LogP contribution in [-0.2, 0) is 11.3 Å². The summed E-state index contributed by atoms with van der Waals surface area (Å²) in [7, 11) is 0. The molecule has 0 bridgehead atoms. The number of imide groups is 1. The molecule has 2 heterocycles. The monoisotopic (exact) mass is 301 g/mol. The quantitative estimate of drug-likeness (QED) is 0.886. The number of benzene rings is 1. The molecular formula is C15H15N3O2S. The fourth-order valence-electron chi connectivity index (χ4n) is 2.92. The van der Waals surface area contributed by atoms with E-state index in [1.165, 1.54) is 16.2 Å². The van der Waals surface area contributed by atoms with Gasteiger partial charge in [0.2, 0.25) is 0 Å². The molecule has 1 saturated heterocycles. The molecule has 1 aromatic heterocycles. The molecule has 0 spiro atoms. The van der Waals surface area contributed by atoms with Crippen molar-refractivity contribution in [2.24, 2.45) is 5.92 Å². The number of hydrogen-bond donors (Lipinski definition) is 1. The molecule has 21 heavy (non-hydrogen) atoms. The fourth-order valence-corrected chi connectivity index (χ4v) is 3.88. The lowest BCUT2D eigenvalue weighted by Gasteiger charge is -2.20. The van der Waals surface area contributed by atoms with Gasteiger partial charge in [-0.15, -0.1) is 11.3 Å². The maximum absolute atomic E-state index is 12.6. The van der Waals surface area contributed by atoms with Crippen molar-refractivity contribution >= 4 is 33.5 Å². The number of para-hydroxylation sites is 1. The van der Waals surface area contributed by atoms with Crippen molar-refractivity contribution in [1.82, 2.24) is 15.2 Å². The smallest absolute Gasteiger partial charge is 0.323 e. The van der Waals surface area contributed by atoms with E-state index < -0.39 is 5.54 Å². The zero-order valence-corrected chi connectivity index (χ0v) is 12.4. The number of carbonyl (C=O) groups is 2. The molecule has 2 fully saturated rings. The van der Waals surface area contributed by atoms with Crippen molar-refractivity contribution in [3.05, 3.63) is 29.3 Å². The third kappa shape index (κ3) is 1.93. The lowest BCUT2D eigenvalue weighted by atomic mass is 9.96. The van der Waals surface area contributed by atoms with Gasteiger partial charge in [0.05, 0.1) is 16.8 Å². The summed E-state index contributed by atoms with van der Waals surface area (Å²) in [5.41, 5.74) is 0.197. The number of aromatic nitrogens is 1. The molecule has 1 saturated carbocycles. The average molecular weight is 301 g/mol.